The van der Waals surface area contributed by atoms with E-state index in [1.807, 2.05) is 7.05 Å². The molecule has 2 aromatic rings. The zero-order valence-corrected chi connectivity index (χ0v) is 10.5. The molecule has 1 atom stereocenters. The van der Waals surface area contributed by atoms with Gasteiger partial charge in [-0.15, -0.1) is 0 Å². The Labute approximate surface area is 101 Å². The molecule has 0 spiro atoms. The fourth-order valence-electron chi connectivity index (χ4n) is 2.23. The fourth-order valence-corrected chi connectivity index (χ4v) is 2.23. The minimum absolute atomic E-state index is 0.212. The number of hydrogen-bond donors (Lipinski definition) is 1. The monoisotopic (exact) mass is 235 g/mol. The van der Waals surface area contributed by atoms with Crippen LogP contribution >= 0.6 is 0 Å². The van der Waals surface area contributed by atoms with E-state index in [0.29, 0.717) is 0 Å². The average molecular weight is 235 g/mol. The Kier molecular flexibility index (Phi) is 3.43. The maximum Gasteiger partial charge on any atom is 0.127 e. The Balaban J connectivity index is 2.63. The largest absolute Gasteiger partial charge is 0.327 e. The summed E-state index contributed by atoms with van der Waals surface area (Å²) in [6.45, 7) is 4.96. The Morgan fingerprint density at radius 1 is 1.41 bits per heavy atom. The normalized spacial score (nSPS) is 13.2. The molecule has 4 heteroatoms. The van der Waals surface area contributed by atoms with Gasteiger partial charge in [0, 0.05) is 6.54 Å². The highest BCUT2D eigenvalue weighted by molar-refractivity contribution is 5.76. The smallest absolute Gasteiger partial charge is 0.127 e. The van der Waals surface area contributed by atoms with Crippen molar-refractivity contribution >= 4 is 11.0 Å². The molecule has 0 fully saturated rings. The minimum atomic E-state index is -0.212. The summed E-state index contributed by atoms with van der Waals surface area (Å²) in [5.41, 5.74) is 1.73. The molecule has 0 aliphatic rings. The summed E-state index contributed by atoms with van der Waals surface area (Å²) in [4.78, 5) is 4.60. The highest BCUT2D eigenvalue weighted by Gasteiger charge is 2.16. The molecule has 0 aliphatic heterocycles. The van der Waals surface area contributed by atoms with Crippen LogP contribution in [-0.2, 0) is 6.54 Å². The van der Waals surface area contributed by atoms with Gasteiger partial charge >= 0.3 is 0 Å². The standard InChI is InChI=1S/C13H18FN3/c1-4-10(15-3)13-16-11-7-6-9(14)8-12(11)17(13)5-2/h6-8,10,15H,4-5H2,1-3H3. The fraction of sp³-hybridized carbons (Fsp3) is 0.462. The van der Waals surface area contributed by atoms with Crippen LogP contribution in [0.2, 0.25) is 0 Å². The van der Waals surface area contributed by atoms with E-state index in [2.05, 4.69) is 28.7 Å². The second-order valence-electron chi connectivity index (χ2n) is 4.10. The third-order valence-corrected chi connectivity index (χ3v) is 3.12. The topological polar surface area (TPSA) is 29.9 Å². The molecule has 0 amide bonds. The molecule has 0 saturated heterocycles. The highest BCUT2D eigenvalue weighted by atomic mass is 19.1. The molecule has 92 valence electrons. The van der Waals surface area contributed by atoms with Crippen molar-refractivity contribution in [1.29, 1.82) is 0 Å². The molecule has 1 aromatic heterocycles. The van der Waals surface area contributed by atoms with E-state index in [4.69, 9.17) is 0 Å². The first-order chi connectivity index (χ1) is 8.21. The summed E-state index contributed by atoms with van der Waals surface area (Å²) < 4.78 is 15.3. The minimum Gasteiger partial charge on any atom is -0.327 e. The summed E-state index contributed by atoms with van der Waals surface area (Å²) in [5, 5.41) is 3.24. The Bertz CT molecular complexity index is 515. The number of benzene rings is 1. The molecule has 3 nitrogen and oxygen atoms in total. The van der Waals surface area contributed by atoms with Gasteiger partial charge in [-0.2, -0.15) is 0 Å². The van der Waals surface area contributed by atoms with Crippen LogP contribution in [0.1, 0.15) is 32.1 Å². The SMILES string of the molecule is CCC(NC)c1nc2ccc(F)cc2n1CC. The average Bonchev–Trinajstić information content (AvgIpc) is 2.68. The molecule has 0 saturated carbocycles. The van der Waals surface area contributed by atoms with Gasteiger partial charge < -0.3 is 9.88 Å². The van der Waals surface area contributed by atoms with Gasteiger partial charge in [-0.3, -0.25) is 0 Å². The molecule has 1 unspecified atom stereocenters. The summed E-state index contributed by atoms with van der Waals surface area (Å²) >= 11 is 0. The van der Waals surface area contributed by atoms with Crippen molar-refractivity contribution in [3.8, 4) is 0 Å². The summed E-state index contributed by atoms with van der Waals surface area (Å²) in [7, 11) is 1.92. The van der Waals surface area contributed by atoms with E-state index in [1.165, 1.54) is 6.07 Å². The zero-order chi connectivity index (χ0) is 12.4. The highest BCUT2D eigenvalue weighted by Crippen LogP contribution is 2.23. The maximum absolute atomic E-state index is 13.3. The van der Waals surface area contributed by atoms with Crippen LogP contribution < -0.4 is 5.32 Å². The lowest BCUT2D eigenvalue weighted by atomic mass is 10.2. The third-order valence-electron chi connectivity index (χ3n) is 3.12. The number of rotatable bonds is 4. The Morgan fingerprint density at radius 2 is 2.18 bits per heavy atom. The predicted octanol–water partition coefficient (Wildman–Crippen LogP) is 2.87. The summed E-state index contributed by atoms with van der Waals surface area (Å²) in [5.74, 6) is 0.772. The number of hydrogen-bond acceptors (Lipinski definition) is 2. The van der Waals surface area contributed by atoms with Crippen LogP contribution in [0.25, 0.3) is 11.0 Å². The van der Waals surface area contributed by atoms with Crippen LogP contribution in [0, 0.1) is 5.82 Å². The van der Waals surface area contributed by atoms with Gasteiger partial charge in [0.15, 0.2) is 0 Å². The predicted molar refractivity (Wildman–Crippen MR) is 67.5 cm³/mol. The van der Waals surface area contributed by atoms with Gasteiger partial charge in [0.2, 0.25) is 0 Å². The summed E-state index contributed by atoms with van der Waals surface area (Å²) in [6, 6.07) is 4.96. The Hall–Kier alpha value is -1.42. The number of aryl methyl sites for hydroxylation is 1. The van der Waals surface area contributed by atoms with E-state index >= 15 is 0 Å². The number of nitrogens with zero attached hydrogens (tertiary/aromatic N) is 2. The van der Waals surface area contributed by atoms with Crippen molar-refractivity contribution in [2.24, 2.45) is 0 Å². The second-order valence-corrected chi connectivity index (χ2v) is 4.10. The molecule has 2 rings (SSSR count). The molecule has 0 bridgehead atoms. The maximum atomic E-state index is 13.3. The zero-order valence-electron chi connectivity index (χ0n) is 10.5. The van der Waals surface area contributed by atoms with Crippen molar-refractivity contribution in [2.75, 3.05) is 7.05 Å². The van der Waals surface area contributed by atoms with Crippen LogP contribution in [-0.4, -0.2) is 16.6 Å². The van der Waals surface area contributed by atoms with Gasteiger partial charge in [-0.25, -0.2) is 9.37 Å². The van der Waals surface area contributed by atoms with Crippen molar-refractivity contribution in [1.82, 2.24) is 14.9 Å². The first-order valence-electron chi connectivity index (χ1n) is 6.04. The number of nitrogens with one attached hydrogen (secondary N) is 1. The molecule has 1 aromatic carbocycles. The number of aromatic nitrogens is 2. The summed E-state index contributed by atoms with van der Waals surface area (Å²) in [6.07, 6.45) is 0.961. The van der Waals surface area contributed by atoms with Crippen LogP contribution in [0.5, 0.6) is 0 Å². The lowest BCUT2D eigenvalue weighted by molar-refractivity contribution is 0.517. The van der Waals surface area contributed by atoms with Gasteiger partial charge in [-0.05, 0) is 38.6 Å². The number of fused-ring (bicyclic) bond motifs is 1. The molecular weight excluding hydrogens is 217 g/mol. The van der Waals surface area contributed by atoms with E-state index in [1.54, 1.807) is 12.1 Å². The van der Waals surface area contributed by atoms with Crippen LogP contribution in [0.4, 0.5) is 4.39 Å². The van der Waals surface area contributed by atoms with Crippen molar-refractivity contribution in [3.05, 3.63) is 29.8 Å². The van der Waals surface area contributed by atoms with E-state index in [9.17, 15) is 4.39 Å². The van der Waals surface area contributed by atoms with Gasteiger partial charge in [0.1, 0.15) is 11.6 Å². The number of halogens is 1. The quantitative estimate of drug-likeness (QED) is 0.883. The molecule has 0 radical (unpaired) electrons. The number of imidazole rings is 1. The van der Waals surface area contributed by atoms with Crippen LogP contribution in [0.15, 0.2) is 18.2 Å². The third kappa shape index (κ3) is 2.05. The molecular formula is C13H18FN3. The second kappa shape index (κ2) is 4.84. The van der Waals surface area contributed by atoms with Gasteiger partial charge in [-0.1, -0.05) is 6.92 Å². The van der Waals surface area contributed by atoms with Gasteiger partial charge in [0.25, 0.3) is 0 Å². The molecule has 0 aliphatic carbocycles. The van der Waals surface area contributed by atoms with E-state index in [-0.39, 0.29) is 11.9 Å². The van der Waals surface area contributed by atoms with Gasteiger partial charge in [0.05, 0.1) is 17.1 Å². The molecule has 1 N–H and O–H groups in total. The van der Waals surface area contributed by atoms with Crippen LogP contribution in [0.3, 0.4) is 0 Å². The van der Waals surface area contributed by atoms with E-state index < -0.39 is 0 Å². The lowest BCUT2D eigenvalue weighted by Crippen LogP contribution is -2.19. The molecule has 17 heavy (non-hydrogen) atoms. The van der Waals surface area contributed by atoms with Crippen molar-refractivity contribution < 1.29 is 4.39 Å². The van der Waals surface area contributed by atoms with Crippen molar-refractivity contribution in [3.63, 3.8) is 0 Å². The lowest BCUT2D eigenvalue weighted by Gasteiger charge is -2.15. The first kappa shape index (κ1) is 12.0. The molecule has 1 heterocycles. The first-order valence-corrected chi connectivity index (χ1v) is 6.04. The Morgan fingerprint density at radius 3 is 2.76 bits per heavy atom. The van der Waals surface area contributed by atoms with Crippen molar-refractivity contribution in [2.45, 2.75) is 32.9 Å². The van der Waals surface area contributed by atoms with E-state index in [0.717, 1.165) is 29.8 Å².